The Morgan fingerprint density at radius 2 is 1.70 bits per heavy atom. The molecule has 1 N–H and O–H groups in total. The van der Waals surface area contributed by atoms with E-state index in [1.165, 1.54) is 0 Å². The van der Waals surface area contributed by atoms with Gasteiger partial charge in [0.25, 0.3) is 0 Å². The molecule has 1 unspecified atom stereocenters. The third-order valence-corrected chi connectivity index (χ3v) is 3.03. The number of aliphatic carboxylic acids is 1. The normalized spacial score (nSPS) is 13.6. The van der Waals surface area contributed by atoms with E-state index in [9.17, 15) is 9.59 Å². The highest BCUT2D eigenvalue weighted by Crippen LogP contribution is 2.07. The number of carboxylic acid groups (broad SMARTS) is 1. The topological polar surface area (TPSA) is 63.6 Å². The number of unbranched alkanes of at least 4 members (excludes halogenated alkanes) is 1. The Bertz CT molecular complexity index is 408. The van der Waals surface area contributed by atoms with Gasteiger partial charge in [0.05, 0.1) is 27.6 Å². The molecule has 0 aliphatic rings. The number of hydrogen-bond donors (Lipinski definition) is 1. The first kappa shape index (κ1) is 21.4. The van der Waals surface area contributed by atoms with Crippen molar-refractivity contribution in [2.45, 2.75) is 51.6 Å². The van der Waals surface area contributed by atoms with Crippen molar-refractivity contribution in [1.82, 2.24) is 0 Å². The summed E-state index contributed by atoms with van der Waals surface area (Å²) in [6.45, 7) is 2.62. The van der Waals surface area contributed by atoms with Crippen LogP contribution in [0, 0.1) is 0 Å². The zero-order valence-corrected chi connectivity index (χ0v) is 15.0. The molecule has 23 heavy (non-hydrogen) atoms. The molecule has 1 atom stereocenters. The Labute approximate surface area is 140 Å². The minimum atomic E-state index is -0.949. The number of carbonyl (C=O) groups is 2. The summed E-state index contributed by atoms with van der Waals surface area (Å²) in [6.07, 6.45) is 11.5. The standard InChI is InChI=1S/C18H31NO4/c1-5-6-7-8-9-10-11-12-13-18(22)23-16(14-17(20)21)15-19(2,3)4/h7-8,10-11,16H,5-6,9,12-15H2,1-4H3/p+1/b8-7+,11-10+. The van der Waals surface area contributed by atoms with Crippen LogP contribution in [0.15, 0.2) is 24.3 Å². The van der Waals surface area contributed by atoms with E-state index < -0.39 is 12.1 Å². The molecule has 0 aliphatic heterocycles. The molecule has 0 amide bonds. The summed E-state index contributed by atoms with van der Waals surface area (Å²) in [5.74, 6) is -1.29. The summed E-state index contributed by atoms with van der Waals surface area (Å²) in [5.41, 5.74) is 0. The highest BCUT2D eigenvalue weighted by atomic mass is 16.5. The number of likely N-dealkylation sites (N-methyl/N-ethyl adjacent to an activating group) is 1. The quantitative estimate of drug-likeness (QED) is 0.340. The van der Waals surface area contributed by atoms with Gasteiger partial charge in [0.1, 0.15) is 6.54 Å². The fourth-order valence-corrected chi connectivity index (χ4v) is 2.07. The highest BCUT2D eigenvalue weighted by molar-refractivity contribution is 5.71. The van der Waals surface area contributed by atoms with Gasteiger partial charge in [0.2, 0.25) is 0 Å². The van der Waals surface area contributed by atoms with Crippen molar-refractivity contribution in [2.24, 2.45) is 0 Å². The predicted molar refractivity (Wildman–Crippen MR) is 92.1 cm³/mol. The molecule has 0 aromatic heterocycles. The summed E-state index contributed by atoms with van der Waals surface area (Å²) in [5, 5.41) is 8.91. The molecule has 0 aromatic rings. The third kappa shape index (κ3) is 15.1. The van der Waals surface area contributed by atoms with Crippen LogP contribution in [0.1, 0.15) is 45.4 Å². The molecule has 0 heterocycles. The van der Waals surface area contributed by atoms with Gasteiger partial charge in [-0.3, -0.25) is 9.59 Å². The average Bonchev–Trinajstić information content (AvgIpc) is 2.39. The number of esters is 1. The Hall–Kier alpha value is -1.62. The Morgan fingerprint density at radius 1 is 1.09 bits per heavy atom. The van der Waals surface area contributed by atoms with Gasteiger partial charge in [-0.2, -0.15) is 0 Å². The van der Waals surface area contributed by atoms with Crippen LogP contribution in [0.5, 0.6) is 0 Å². The number of carboxylic acids is 1. The lowest BCUT2D eigenvalue weighted by molar-refractivity contribution is -0.873. The van der Waals surface area contributed by atoms with Crippen LogP contribution < -0.4 is 0 Å². The van der Waals surface area contributed by atoms with E-state index in [1.807, 2.05) is 33.3 Å². The van der Waals surface area contributed by atoms with Gasteiger partial charge in [-0.05, 0) is 19.3 Å². The lowest BCUT2D eigenvalue weighted by atomic mass is 10.2. The first-order valence-electron chi connectivity index (χ1n) is 8.26. The van der Waals surface area contributed by atoms with Gasteiger partial charge in [0, 0.05) is 6.42 Å². The first-order valence-corrected chi connectivity index (χ1v) is 8.26. The molecular weight excluding hydrogens is 294 g/mol. The molecule has 0 aromatic carbocycles. The average molecular weight is 326 g/mol. The van der Waals surface area contributed by atoms with E-state index in [2.05, 4.69) is 19.1 Å². The molecule has 0 saturated heterocycles. The van der Waals surface area contributed by atoms with Gasteiger partial charge < -0.3 is 14.3 Å². The number of quaternary nitrogens is 1. The van der Waals surface area contributed by atoms with E-state index >= 15 is 0 Å². The van der Waals surface area contributed by atoms with E-state index in [0.29, 0.717) is 17.4 Å². The van der Waals surface area contributed by atoms with Gasteiger partial charge in [0.15, 0.2) is 6.10 Å². The van der Waals surface area contributed by atoms with Gasteiger partial charge >= 0.3 is 11.9 Å². The van der Waals surface area contributed by atoms with E-state index in [-0.39, 0.29) is 18.8 Å². The molecule has 0 aliphatic carbocycles. The minimum Gasteiger partial charge on any atom is -0.481 e. The first-order chi connectivity index (χ1) is 10.7. The smallest absolute Gasteiger partial charge is 0.307 e. The Kier molecular flexibility index (Phi) is 11.0. The fraction of sp³-hybridized carbons (Fsp3) is 0.667. The van der Waals surface area contributed by atoms with Crippen molar-refractivity contribution in [1.29, 1.82) is 0 Å². The molecule has 0 rings (SSSR count). The lowest BCUT2D eigenvalue weighted by Crippen LogP contribution is -2.43. The summed E-state index contributed by atoms with van der Waals surface area (Å²) in [4.78, 5) is 22.7. The largest absolute Gasteiger partial charge is 0.481 e. The predicted octanol–water partition coefficient (Wildman–Crippen LogP) is 3.16. The second-order valence-electron chi connectivity index (χ2n) is 6.69. The van der Waals surface area contributed by atoms with Crippen molar-refractivity contribution >= 4 is 11.9 Å². The molecule has 0 spiro atoms. The Morgan fingerprint density at radius 3 is 2.22 bits per heavy atom. The number of carbonyl (C=O) groups excluding carboxylic acids is 1. The van der Waals surface area contributed by atoms with E-state index in [0.717, 1.165) is 19.3 Å². The maximum Gasteiger partial charge on any atom is 0.307 e. The van der Waals surface area contributed by atoms with Crippen LogP contribution in [0.2, 0.25) is 0 Å². The third-order valence-electron chi connectivity index (χ3n) is 3.03. The van der Waals surface area contributed by atoms with Crippen LogP contribution in [0.25, 0.3) is 0 Å². The van der Waals surface area contributed by atoms with Crippen molar-refractivity contribution in [3.63, 3.8) is 0 Å². The Balaban J connectivity index is 4.12. The minimum absolute atomic E-state index is 0.153. The van der Waals surface area contributed by atoms with Crippen molar-refractivity contribution in [3.05, 3.63) is 24.3 Å². The number of nitrogens with zero attached hydrogens (tertiary/aromatic N) is 1. The molecule has 5 heteroatoms. The molecule has 0 saturated carbocycles. The van der Waals surface area contributed by atoms with Gasteiger partial charge in [-0.1, -0.05) is 37.6 Å². The van der Waals surface area contributed by atoms with E-state index in [1.54, 1.807) is 0 Å². The molecule has 0 radical (unpaired) electrons. The summed E-state index contributed by atoms with van der Waals surface area (Å²) >= 11 is 0. The van der Waals surface area contributed by atoms with Gasteiger partial charge in [-0.25, -0.2) is 0 Å². The molecule has 5 nitrogen and oxygen atoms in total. The molecular formula is C18H32NO4+. The second-order valence-corrected chi connectivity index (χ2v) is 6.69. The number of rotatable bonds is 12. The van der Waals surface area contributed by atoms with E-state index in [4.69, 9.17) is 9.84 Å². The number of allylic oxidation sites excluding steroid dienone is 4. The maximum atomic E-state index is 11.8. The SMILES string of the molecule is CCC/C=C/C/C=C/CCC(=O)OC(CC(=O)O)C[N+](C)(C)C. The molecule has 0 fully saturated rings. The number of hydrogen-bond acceptors (Lipinski definition) is 3. The van der Waals surface area contributed by atoms with Crippen molar-refractivity contribution in [3.8, 4) is 0 Å². The van der Waals surface area contributed by atoms with Crippen LogP contribution in [-0.4, -0.2) is 55.3 Å². The summed E-state index contributed by atoms with van der Waals surface area (Å²) in [7, 11) is 5.83. The lowest BCUT2D eigenvalue weighted by Gasteiger charge is -2.28. The summed E-state index contributed by atoms with van der Waals surface area (Å²) in [6, 6.07) is 0. The van der Waals surface area contributed by atoms with Crippen molar-refractivity contribution < 1.29 is 23.9 Å². The fourth-order valence-electron chi connectivity index (χ4n) is 2.07. The van der Waals surface area contributed by atoms with Crippen LogP contribution >= 0.6 is 0 Å². The van der Waals surface area contributed by atoms with Gasteiger partial charge in [-0.15, -0.1) is 0 Å². The number of ether oxygens (including phenoxy) is 1. The monoisotopic (exact) mass is 326 g/mol. The van der Waals surface area contributed by atoms with Crippen LogP contribution in [0.4, 0.5) is 0 Å². The van der Waals surface area contributed by atoms with Crippen LogP contribution in [0.3, 0.4) is 0 Å². The molecule has 0 bridgehead atoms. The second kappa shape index (κ2) is 11.9. The summed E-state index contributed by atoms with van der Waals surface area (Å²) < 4.78 is 5.86. The van der Waals surface area contributed by atoms with Crippen molar-refractivity contribution in [2.75, 3.05) is 27.7 Å². The zero-order chi connectivity index (χ0) is 17.7. The zero-order valence-electron chi connectivity index (χ0n) is 15.0. The van der Waals surface area contributed by atoms with Crippen LogP contribution in [-0.2, 0) is 14.3 Å². The molecule has 132 valence electrons. The highest BCUT2D eigenvalue weighted by Gasteiger charge is 2.24. The maximum absolute atomic E-state index is 11.8.